The molecule has 2 aromatic carbocycles. The van der Waals surface area contributed by atoms with E-state index in [1.54, 1.807) is 24.6 Å². The van der Waals surface area contributed by atoms with Gasteiger partial charge in [0.25, 0.3) is 11.5 Å². The Morgan fingerprint density at radius 3 is 2.42 bits per heavy atom. The zero-order valence-electron chi connectivity index (χ0n) is 29.3. The zero-order valence-corrected chi connectivity index (χ0v) is 30.2. The number of likely N-dealkylation sites (tertiary alicyclic amines) is 1. The Morgan fingerprint density at radius 2 is 1.70 bits per heavy atom. The highest BCUT2D eigenvalue weighted by Gasteiger charge is 2.35. The summed E-state index contributed by atoms with van der Waals surface area (Å²) in [4.78, 5) is 53.9. The lowest BCUT2D eigenvalue weighted by Gasteiger charge is -2.42. The fourth-order valence-electron chi connectivity index (χ4n) is 7.28. The molecule has 0 spiro atoms. The number of carbonyl (C=O) groups excluding carboxylic acids is 2. The van der Waals surface area contributed by atoms with Gasteiger partial charge in [-0.3, -0.25) is 19.3 Å². The van der Waals surface area contributed by atoms with Gasteiger partial charge in [-0.25, -0.2) is 4.98 Å². The molecule has 4 heterocycles. The molecule has 4 aromatic rings. The Morgan fingerprint density at radius 1 is 0.940 bits per heavy atom. The van der Waals surface area contributed by atoms with Crippen LogP contribution in [0.25, 0.3) is 11.3 Å². The van der Waals surface area contributed by atoms with Gasteiger partial charge < -0.3 is 25.0 Å². The number of hydrogen-bond acceptors (Lipinski definition) is 8. The summed E-state index contributed by atoms with van der Waals surface area (Å²) in [6.45, 7) is 10.3. The average Bonchev–Trinajstić information content (AvgIpc) is 3.39. The van der Waals surface area contributed by atoms with E-state index in [4.69, 9.17) is 4.98 Å². The van der Waals surface area contributed by atoms with Crippen molar-refractivity contribution in [2.75, 3.05) is 56.4 Å². The number of rotatable bonds is 9. The topological polar surface area (TPSA) is 103 Å². The molecule has 1 atom stereocenters. The van der Waals surface area contributed by atoms with Crippen molar-refractivity contribution in [3.05, 3.63) is 91.5 Å². The van der Waals surface area contributed by atoms with Crippen LogP contribution in [0.4, 0.5) is 17.2 Å². The maximum atomic E-state index is 13.8. The van der Waals surface area contributed by atoms with Crippen LogP contribution in [-0.4, -0.2) is 81.9 Å². The Kier molecular flexibility index (Phi) is 10.2. The van der Waals surface area contributed by atoms with Gasteiger partial charge in [0.1, 0.15) is 6.04 Å². The molecule has 0 saturated carbocycles. The Bertz CT molecular complexity index is 1900. The van der Waals surface area contributed by atoms with Crippen LogP contribution in [0.5, 0.6) is 0 Å². The fourth-order valence-corrected chi connectivity index (χ4v) is 8.43. The number of thiophene rings is 1. The van der Waals surface area contributed by atoms with E-state index in [-0.39, 0.29) is 29.2 Å². The molecule has 2 aliphatic heterocycles. The lowest BCUT2D eigenvalue weighted by atomic mass is 9.99. The standard InChI is InChI=1S/C39H47N7O3S/c1-4-44-20-22-46(23-21-44)38(48)35(45-18-9-19-45)27-14-16-29(17-15-27)40-36-39(49)43(3)25-32(41-36)30-11-8-12-31(26(30)2)42-37(47)34-24-28-10-6-5-7-13-33(28)50-34/h8,11-12,14-17,24-25,35H,4-7,9-10,13,18-23H2,1-3H3,(H,40,41)(H,42,47). The monoisotopic (exact) mass is 693 g/mol. The minimum Gasteiger partial charge on any atom is -0.338 e. The van der Waals surface area contributed by atoms with E-state index in [9.17, 15) is 14.4 Å². The van der Waals surface area contributed by atoms with E-state index in [1.807, 2.05) is 54.3 Å². The van der Waals surface area contributed by atoms with E-state index in [1.165, 1.54) is 34.3 Å². The second kappa shape index (κ2) is 14.9. The third kappa shape index (κ3) is 7.12. The van der Waals surface area contributed by atoms with E-state index >= 15 is 0 Å². The van der Waals surface area contributed by atoms with Crippen molar-refractivity contribution in [3.8, 4) is 11.3 Å². The summed E-state index contributed by atoms with van der Waals surface area (Å²) in [6.07, 6.45) is 8.53. The van der Waals surface area contributed by atoms with Crippen LogP contribution < -0.4 is 16.2 Å². The number of likely N-dealkylation sites (N-methyl/N-ethyl adjacent to an activating group) is 1. The predicted octanol–water partition coefficient (Wildman–Crippen LogP) is 5.99. The molecule has 2 amide bonds. The van der Waals surface area contributed by atoms with Gasteiger partial charge in [-0.15, -0.1) is 11.3 Å². The smallest absolute Gasteiger partial charge is 0.293 e. The molecular weight excluding hydrogens is 647 g/mol. The first-order chi connectivity index (χ1) is 24.3. The maximum Gasteiger partial charge on any atom is 0.293 e. The minimum atomic E-state index is -0.300. The van der Waals surface area contributed by atoms with Crippen LogP contribution in [0.3, 0.4) is 0 Å². The first-order valence-corrected chi connectivity index (χ1v) is 18.8. The largest absolute Gasteiger partial charge is 0.338 e. The van der Waals surface area contributed by atoms with Crippen molar-refractivity contribution in [2.24, 2.45) is 7.05 Å². The zero-order chi connectivity index (χ0) is 34.8. The number of nitrogens with one attached hydrogen (secondary N) is 2. The molecule has 2 aromatic heterocycles. The summed E-state index contributed by atoms with van der Waals surface area (Å²) < 4.78 is 1.53. The second-order valence-corrected chi connectivity index (χ2v) is 14.9. The number of carbonyl (C=O) groups is 2. The van der Waals surface area contributed by atoms with E-state index < -0.39 is 0 Å². The Labute approximate surface area is 298 Å². The summed E-state index contributed by atoms with van der Waals surface area (Å²) in [7, 11) is 1.72. The van der Waals surface area contributed by atoms with Gasteiger partial charge in [-0.2, -0.15) is 0 Å². The average molecular weight is 694 g/mol. The van der Waals surface area contributed by atoms with Gasteiger partial charge in [-0.1, -0.05) is 37.6 Å². The first kappa shape index (κ1) is 34.1. The number of benzene rings is 2. The van der Waals surface area contributed by atoms with Gasteiger partial charge >= 0.3 is 0 Å². The molecule has 2 fully saturated rings. The molecule has 10 nitrogen and oxygen atoms in total. The lowest BCUT2D eigenvalue weighted by molar-refractivity contribution is -0.140. The summed E-state index contributed by atoms with van der Waals surface area (Å²) in [5.74, 6) is 0.276. The van der Waals surface area contributed by atoms with Gasteiger partial charge in [0.2, 0.25) is 5.91 Å². The normalized spacial score (nSPS) is 17.4. The Hall–Kier alpha value is -4.32. The minimum absolute atomic E-state index is 0.0975. The highest BCUT2D eigenvalue weighted by atomic mass is 32.1. The van der Waals surface area contributed by atoms with Crippen LogP contribution >= 0.6 is 11.3 Å². The molecule has 50 heavy (non-hydrogen) atoms. The molecule has 1 aliphatic carbocycles. The van der Waals surface area contributed by atoms with Crippen LogP contribution in [0.1, 0.15) is 69.9 Å². The second-order valence-electron chi connectivity index (χ2n) is 13.7. The third-order valence-electron chi connectivity index (χ3n) is 10.5. The molecule has 0 bridgehead atoms. The first-order valence-electron chi connectivity index (χ1n) is 18.0. The summed E-state index contributed by atoms with van der Waals surface area (Å²) in [5, 5.41) is 6.37. The number of fused-ring (bicyclic) bond motifs is 1. The van der Waals surface area contributed by atoms with E-state index in [0.717, 1.165) is 92.3 Å². The highest BCUT2D eigenvalue weighted by Crippen LogP contribution is 2.33. The molecule has 11 heteroatoms. The Balaban J connectivity index is 1.08. The molecule has 2 saturated heterocycles. The number of piperazine rings is 1. The molecule has 2 N–H and O–H groups in total. The molecule has 0 radical (unpaired) electrons. The van der Waals surface area contributed by atoms with E-state index in [2.05, 4.69) is 33.4 Å². The lowest BCUT2D eigenvalue weighted by Crippen LogP contribution is -2.53. The summed E-state index contributed by atoms with van der Waals surface area (Å²) >= 11 is 1.61. The van der Waals surface area contributed by atoms with Gasteiger partial charge in [0.05, 0.1) is 10.6 Å². The van der Waals surface area contributed by atoms with Gasteiger partial charge in [0.15, 0.2) is 5.82 Å². The highest BCUT2D eigenvalue weighted by molar-refractivity contribution is 7.14. The van der Waals surface area contributed by atoms with Crippen molar-refractivity contribution in [2.45, 2.75) is 58.4 Å². The number of nitrogens with zero attached hydrogens (tertiary/aromatic N) is 5. The summed E-state index contributed by atoms with van der Waals surface area (Å²) in [5.41, 5.74) is 5.78. The molecular formula is C39H47N7O3S. The van der Waals surface area contributed by atoms with Gasteiger partial charge in [-0.05, 0) is 86.5 Å². The van der Waals surface area contributed by atoms with E-state index in [0.29, 0.717) is 11.4 Å². The predicted molar refractivity (Wildman–Crippen MR) is 201 cm³/mol. The van der Waals surface area contributed by atoms with Crippen LogP contribution in [-0.2, 0) is 24.7 Å². The van der Waals surface area contributed by atoms with Gasteiger partial charge in [0, 0.05) is 74.3 Å². The number of anilines is 3. The molecule has 262 valence electrons. The fraction of sp³-hybridized carbons (Fsp3) is 0.436. The third-order valence-corrected chi connectivity index (χ3v) is 11.7. The van der Waals surface area contributed by atoms with Crippen LogP contribution in [0.15, 0.2) is 59.5 Å². The van der Waals surface area contributed by atoms with Crippen molar-refractivity contribution in [1.29, 1.82) is 0 Å². The molecule has 7 rings (SSSR count). The quantitative estimate of drug-likeness (QED) is 0.208. The summed E-state index contributed by atoms with van der Waals surface area (Å²) in [6, 6.07) is 15.3. The van der Waals surface area contributed by atoms with Crippen molar-refractivity contribution in [1.82, 2.24) is 24.3 Å². The van der Waals surface area contributed by atoms with Crippen molar-refractivity contribution < 1.29 is 9.59 Å². The number of hydrogen-bond donors (Lipinski definition) is 2. The van der Waals surface area contributed by atoms with Crippen LogP contribution in [0, 0.1) is 6.92 Å². The maximum absolute atomic E-state index is 13.8. The number of aryl methyl sites for hydroxylation is 3. The SMILES string of the molecule is CCN1CCN(C(=O)C(c2ccc(Nc3nc(-c4cccc(NC(=O)c5cc6c(s5)CCCCC6)c4C)cn(C)c3=O)cc2)N2CCC2)CC1. The van der Waals surface area contributed by atoms with Crippen LogP contribution in [0.2, 0.25) is 0 Å². The van der Waals surface area contributed by atoms with Crippen molar-refractivity contribution in [3.63, 3.8) is 0 Å². The molecule has 3 aliphatic rings. The molecule has 1 unspecified atom stereocenters. The number of aromatic nitrogens is 2. The number of amides is 2. The van der Waals surface area contributed by atoms with Crippen molar-refractivity contribution >= 4 is 40.3 Å².